The second-order valence-corrected chi connectivity index (χ2v) is 5.47. The molecule has 1 heterocycles. The molecule has 2 rings (SSSR count). The van der Waals surface area contributed by atoms with Gasteiger partial charge in [-0.25, -0.2) is 15.0 Å². The monoisotopic (exact) mass is 342 g/mol. The van der Waals surface area contributed by atoms with E-state index in [1.165, 1.54) is 0 Å². The zero-order valence-corrected chi connectivity index (χ0v) is 14.8. The minimum absolute atomic E-state index is 0.312. The molecule has 0 aliphatic carbocycles. The zero-order valence-electron chi connectivity index (χ0n) is 14.8. The van der Waals surface area contributed by atoms with Gasteiger partial charge in [0.2, 0.25) is 0 Å². The van der Waals surface area contributed by atoms with Crippen molar-refractivity contribution in [2.24, 2.45) is 5.10 Å². The number of rotatable bonds is 5. The van der Waals surface area contributed by atoms with Gasteiger partial charge in [0.1, 0.15) is 0 Å². The summed E-state index contributed by atoms with van der Waals surface area (Å²) in [6.07, 6.45) is 0. The Morgan fingerprint density at radius 1 is 1.20 bits per heavy atom. The average molecular weight is 342 g/mol. The van der Waals surface area contributed by atoms with Crippen LogP contribution in [0.5, 0.6) is 0 Å². The van der Waals surface area contributed by atoms with E-state index in [1.807, 2.05) is 25.1 Å². The average Bonchev–Trinajstić information content (AvgIpc) is 2.88. The van der Waals surface area contributed by atoms with Crippen LogP contribution in [0.25, 0.3) is 0 Å². The number of hydrogen-bond acceptors (Lipinski definition) is 4. The molecule has 3 N–H and O–H groups in total. The number of para-hydroxylation sites is 1. The fourth-order valence-corrected chi connectivity index (χ4v) is 2.49. The van der Waals surface area contributed by atoms with Gasteiger partial charge < -0.3 is 15.0 Å². The molecule has 25 heavy (non-hydrogen) atoms. The van der Waals surface area contributed by atoms with Crippen LogP contribution in [0.4, 0.5) is 10.5 Å². The first-order valence-corrected chi connectivity index (χ1v) is 7.97. The predicted octanol–water partition coefficient (Wildman–Crippen LogP) is 3.35. The number of urea groups is 1. The van der Waals surface area contributed by atoms with Crippen molar-refractivity contribution < 1.29 is 14.3 Å². The Balaban J connectivity index is 2.10. The van der Waals surface area contributed by atoms with Gasteiger partial charge in [-0.2, -0.15) is 5.10 Å². The second-order valence-electron chi connectivity index (χ2n) is 5.47. The highest BCUT2D eigenvalue weighted by molar-refractivity contribution is 6.03. The molecule has 1 aromatic carbocycles. The highest BCUT2D eigenvalue weighted by atomic mass is 16.5. The number of ether oxygens (including phenoxy) is 1. The van der Waals surface area contributed by atoms with Gasteiger partial charge in [0.15, 0.2) is 0 Å². The fraction of sp³-hybridized carbons (Fsp3) is 0.278. The maximum absolute atomic E-state index is 12.0. The van der Waals surface area contributed by atoms with E-state index >= 15 is 0 Å². The number of H-pyrrole nitrogens is 1. The van der Waals surface area contributed by atoms with Crippen LogP contribution in [-0.4, -0.2) is 29.3 Å². The maximum atomic E-state index is 12.0. The highest BCUT2D eigenvalue weighted by Gasteiger charge is 2.20. The number of carbonyl (C=O) groups excluding carboxylic acids is 2. The molecule has 0 unspecified atom stereocenters. The Labute approximate surface area is 146 Å². The number of hydrazone groups is 1. The van der Waals surface area contributed by atoms with Crippen molar-refractivity contribution in [2.75, 3.05) is 11.9 Å². The van der Waals surface area contributed by atoms with Crippen LogP contribution in [0.15, 0.2) is 35.4 Å². The van der Waals surface area contributed by atoms with E-state index in [2.05, 4.69) is 20.8 Å². The molecule has 0 bridgehead atoms. The molecular weight excluding hydrogens is 320 g/mol. The first-order chi connectivity index (χ1) is 11.9. The summed E-state index contributed by atoms with van der Waals surface area (Å²) in [7, 11) is 0. The van der Waals surface area contributed by atoms with Crippen molar-refractivity contribution in [3.63, 3.8) is 0 Å². The van der Waals surface area contributed by atoms with Crippen LogP contribution in [0.1, 0.15) is 41.2 Å². The number of nitrogens with one attached hydrogen (secondary N) is 3. The number of esters is 1. The van der Waals surface area contributed by atoms with Gasteiger partial charge in [0, 0.05) is 11.4 Å². The van der Waals surface area contributed by atoms with Gasteiger partial charge in [-0.15, -0.1) is 0 Å². The number of aromatic amines is 1. The summed E-state index contributed by atoms with van der Waals surface area (Å²) >= 11 is 0. The molecule has 132 valence electrons. The van der Waals surface area contributed by atoms with E-state index in [0.717, 1.165) is 5.56 Å². The van der Waals surface area contributed by atoms with Crippen molar-refractivity contribution in [1.82, 2.24) is 10.4 Å². The molecule has 2 aromatic rings. The molecule has 0 atom stereocenters. The smallest absolute Gasteiger partial charge is 0.340 e. The lowest BCUT2D eigenvalue weighted by molar-refractivity contribution is 0.0525. The van der Waals surface area contributed by atoms with Gasteiger partial charge in [-0.3, -0.25) is 0 Å². The standard InChI is InChI=1S/C18H22N4O3/c1-5-25-17(23)15-11(2)16(19-12(15)3)13(4)21-22-18(24)20-14-9-7-6-8-10-14/h6-10,19H,5H2,1-4H3,(H2,20,22,24)/b21-13+. The molecule has 0 saturated carbocycles. The van der Waals surface area contributed by atoms with E-state index in [-0.39, 0.29) is 5.97 Å². The lowest BCUT2D eigenvalue weighted by atomic mass is 10.1. The van der Waals surface area contributed by atoms with E-state index < -0.39 is 6.03 Å². The summed E-state index contributed by atoms with van der Waals surface area (Å²) < 4.78 is 5.07. The van der Waals surface area contributed by atoms with E-state index in [4.69, 9.17) is 4.74 Å². The third-order valence-corrected chi connectivity index (χ3v) is 3.64. The van der Waals surface area contributed by atoms with Gasteiger partial charge in [-0.05, 0) is 45.4 Å². The van der Waals surface area contributed by atoms with Crippen LogP contribution in [-0.2, 0) is 4.74 Å². The molecule has 0 saturated heterocycles. The number of aromatic nitrogens is 1. The Hall–Kier alpha value is -3.09. The van der Waals surface area contributed by atoms with Gasteiger partial charge in [0.25, 0.3) is 0 Å². The molecule has 7 heteroatoms. The number of aryl methyl sites for hydroxylation is 1. The van der Waals surface area contributed by atoms with Gasteiger partial charge in [0.05, 0.1) is 23.6 Å². The topological polar surface area (TPSA) is 95.6 Å². The van der Waals surface area contributed by atoms with Crippen molar-refractivity contribution >= 4 is 23.4 Å². The quantitative estimate of drug-likeness (QED) is 0.442. The Morgan fingerprint density at radius 3 is 2.52 bits per heavy atom. The van der Waals surface area contributed by atoms with Crippen molar-refractivity contribution in [3.05, 3.63) is 52.8 Å². The third-order valence-electron chi connectivity index (χ3n) is 3.64. The SMILES string of the molecule is CCOC(=O)c1c(C)[nH]c(/C(C)=N/NC(=O)Nc2ccccc2)c1C. The molecule has 2 amide bonds. The summed E-state index contributed by atoms with van der Waals surface area (Å²) in [6.45, 7) is 7.43. The Bertz CT molecular complexity index is 794. The molecule has 0 spiro atoms. The minimum Gasteiger partial charge on any atom is -0.462 e. The number of amides is 2. The van der Waals surface area contributed by atoms with Crippen LogP contribution in [0.2, 0.25) is 0 Å². The number of carbonyl (C=O) groups is 2. The van der Waals surface area contributed by atoms with E-state index in [9.17, 15) is 9.59 Å². The zero-order chi connectivity index (χ0) is 18.4. The largest absolute Gasteiger partial charge is 0.462 e. The summed E-state index contributed by atoms with van der Waals surface area (Å²) in [6, 6.07) is 8.62. The first-order valence-electron chi connectivity index (χ1n) is 7.97. The second kappa shape index (κ2) is 8.14. The van der Waals surface area contributed by atoms with Crippen LogP contribution in [0, 0.1) is 13.8 Å². The first kappa shape index (κ1) is 18.3. The maximum Gasteiger partial charge on any atom is 0.340 e. The highest BCUT2D eigenvalue weighted by Crippen LogP contribution is 2.19. The molecule has 7 nitrogen and oxygen atoms in total. The molecule has 0 fully saturated rings. The number of anilines is 1. The molecule has 0 aliphatic rings. The summed E-state index contributed by atoms with van der Waals surface area (Å²) in [5, 5.41) is 6.76. The predicted molar refractivity (Wildman–Crippen MR) is 97.0 cm³/mol. The Morgan fingerprint density at radius 2 is 1.88 bits per heavy atom. The van der Waals surface area contributed by atoms with Crippen molar-refractivity contribution in [2.45, 2.75) is 27.7 Å². The third kappa shape index (κ3) is 4.47. The van der Waals surface area contributed by atoms with Crippen molar-refractivity contribution in [1.29, 1.82) is 0 Å². The lowest BCUT2D eigenvalue weighted by Crippen LogP contribution is -2.25. The van der Waals surface area contributed by atoms with Crippen LogP contribution >= 0.6 is 0 Å². The normalized spacial score (nSPS) is 11.1. The number of nitrogens with zero attached hydrogens (tertiary/aromatic N) is 1. The number of benzene rings is 1. The van der Waals surface area contributed by atoms with E-state index in [1.54, 1.807) is 32.9 Å². The molecule has 0 aliphatic heterocycles. The summed E-state index contributed by atoms with van der Waals surface area (Å²) in [5.74, 6) is -0.373. The van der Waals surface area contributed by atoms with E-state index in [0.29, 0.717) is 35.0 Å². The number of hydrogen-bond donors (Lipinski definition) is 3. The van der Waals surface area contributed by atoms with Crippen molar-refractivity contribution in [3.8, 4) is 0 Å². The summed E-state index contributed by atoms with van der Waals surface area (Å²) in [4.78, 5) is 27.0. The minimum atomic E-state index is -0.447. The lowest BCUT2D eigenvalue weighted by Gasteiger charge is -2.05. The van der Waals surface area contributed by atoms with Gasteiger partial charge in [-0.1, -0.05) is 18.2 Å². The van der Waals surface area contributed by atoms with Gasteiger partial charge >= 0.3 is 12.0 Å². The fourth-order valence-electron chi connectivity index (χ4n) is 2.49. The molecule has 0 radical (unpaired) electrons. The molecular formula is C18H22N4O3. The Kier molecular flexibility index (Phi) is 5.94. The van der Waals surface area contributed by atoms with Crippen LogP contribution in [0.3, 0.4) is 0 Å². The summed E-state index contributed by atoms with van der Waals surface area (Å²) in [5.41, 5.74) is 6.29. The van der Waals surface area contributed by atoms with Crippen LogP contribution < -0.4 is 10.7 Å². The molecule has 1 aromatic heterocycles.